The van der Waals surface area contributed by atoms with Gasteiger partial charge in [-0.15, -0.1) is 0 Å². The molecule has 0 radical (unpaired) electrons. The predicted octanol–water partition coefficient (Wildman–Crippen LogP) is 2.69. The van der Waals surface area contributed by atoms with E-state index in [0.29, 0.717) is 18.9 Å². The molecule has 0 bridgehead atoms. The number of aliphatic imine (C=N–C) groups is 1. The van der Waals surface area contributed by atoms with Crippen LogP contribution in [-0.2, 0) is 16.6 Å². The Hall–Kier alpha value is -2.05. The number of hydrogen-bond donors (Lipinski definition) is 1. The van der Waals surface area contributed by atoms with Gasteiger partial charge >= 0.3 is 5.97 Å². The third kappa shape index (κ3) is 7.23. The molecule has 152 valence electrons. The number of esters is 1. The molecular formula is C20H35N5O2. The first kappa shape index (κ1) is 21.3. The van der Waals surface area contributed by atoms with E-state index in [1.54, 1.807) is 0 Å². The average Bonchev–Trinajstić information content (AvgIpc) is 3.29. The van der Waals surface area contributed by atoms with Gasteiger partial charge in [-0.2, -0.15) is 5.10 Å². The predicted molar refractivity (Wildman–Crippen MR) is 108 cm³/mol. The standard InChI is InChI=1S/C20H35N5O2/c1-4-21-20(22-12-9-7-6-8-10-19(26)27-5-2)25-13-11-17(16-25)18-14-23-24(3)15-18/h14-15,17H,4-13,16H2,1-3H3,(H,21,22). The molecule has 1 saturated heterocycles. The van der Waals surface area contributed by atoms with Crippen molar-refractivity contribution in [2.75, 3.05) is 32.8 Å². The number of carbonyl (C=O) groups is 1. The first-order valence-corrected chi connectivity index (χ1v) is 10.3. The summed E-state index contributed by atoms with van der Waals surface area (Å²) < 4.78 is 6.82. The number of hydrogen-bond acceptors (Lipinski definition) is 4. The Kier molecular flexibility index (Phi) is 9.15. The Labute approximate surface area is 163 Å². The SMILES string of the molecule is CCNC(=NCCCCCCC(=O)OCC)N1CCC(c2cnn(C)c2)C1. The maximum Gasteiger partial charge on any atom is 0.305 e. The first-order chi connectivity index (χ1) is 13.1. The largest absolute Gasteiger partial charge is 0.466 e. The molecule has 2 rings (SSSR count). The van der Waals surface area contributed by atoms with Gasteiger partial charge < -0.3 is 15.0 Å². The van der Waals surface area contributed by atoms with Crippen molar-refractivity contribution in [3.8, 4) is 0 Å². The molecule has 0 aromatic carbocycles. The molecular weight excluding hydrogens is 342 g/mol. The minimum Gasteiger partial charge on any atom is -0.466 e. The highest BCUT2D eigenvalue weighted by molar-refractivity contribution is 5.80. The fourth-order valence-electron chi connectivity index (χ4n) is 3.45. The molecule has 1 aliphatic heterocycles. The van der Waals surface area contributed by atoms with E-state index in [1.807, 2.05) is 24.9 Å². The van der Waals surface area contributed by atoms with Crippen molar-refractivity contribution in [3.05, 3.63) is 18.0 Å². The number of unbranched alkanes of at least 4 members (excludes halogenated alkanes) is 3. The van der Waals surface area contributed by atoms with Gasteiger partial charge in [-0.25, -0.2) is 0 Å². The molecule has 0 saturated carbocycles. The van der Waals surface area contributed by atoms with Gasteiger partial charge in [0.05, 0.1) is 12.8 Å². The van der Waals surface area contributed by atoms with Crippen molar-refractivity contribution in [2.24, 2.45) is 12.0 Å². The van der Waals surface area contributed by atoms with Crippen LogP contribution in [0.4, 0.5) is 0 Å². The molecule has 1 N–H and O–H groups in total. The highest BCUT2D eigenvalue weighted by Crippen LogP contribution is 2.26. The lowest BCUT2D eigenvalue weighted by atomic mass is 10.0. The van der Waals surface area contributed by atoms with E-state index in [9.17, 15) is 4.79 Å². The highest BCUT2D eigenvalue weighted by atomic mass is 16.5. The maximum atomic E-state index is 11.3. The minimum absolute atomic E-state index is 0.0813. The van der Waals surface area contributed by atoms with Crippen molar-refractivity contribution < 1.29 is 9.53 Å². The second kappa shape index (κ2) is 11.6. The Morgan fingerprint density at radius 2 is 2.15 bits per heavy atom. The number of carbonyl (C=O) groups excluding carboxylic acids is 1. The summed E-state index contributed by atoms with van der Waals surface area (Å²) in [5, 5.41) is 7.72. The summed E-state index contributed by atoms with van der Waals surface area (Å²) in [6, 6.07) is 0. The van der Waals surface area contributed by atoms with Crippen molar-refractivity contribution in [2.45, 2.75) is 58.3 Å². The second-order valence-corrected chi connectivity index (χ2v) is 7.08. The topological polar surface area (TPSA) is 71.8 Å². The fraction of sp³-hybridized carbons (Fsp3) is 0.750. The summed E-state index contributed by atoms with van der Waals surface area (Å²) in [5.74, 6) is 1.48. The molecule has 0 aliphatic carbocycles. The van der Waals surface area contributed by atoms with E-state index in [4.69, 9.17) is 9.73 Å². The zero-order valence-electron chi connectivity index (χ0n) is 17.1. The number of guanidine groups is 1. The van der Waals surface area contributed by atoms with Crippen LogP contribution in [0.15, 0.2) is 17.4 Å². The number of nitrogens with one attached hydrogen (secondary N) is 1. The van der Waals surface area contributed by atoms with Crippen LogP contribution in [0, 0.1) is 0 Å². The van der Waals surface area contributed by atoms with Gasteiger partial charge in [0.15, 0.2) is 5.96 Å². The summed E-state index contributed by atoms with van der Waals surface area (Å²) in [6.07, 6.45) is 9.88. The summed E-state index contributed by atoms with van der Waals surface area (Å²) in [4.78, 5) is 18.5. The van der Waals surface area contributed by atoms with Crippen LogP contribution >= 0.6 is 0 Å². The van der Waals surface area contributed by atoms with Gasteiger partial charge in [0.25, 0.3) is 0 Å². The molecule has 1 aliphatic rings. The third-order valence-corrected chi connectivity index (χ3v) is 4.87. The quantitative estimate of drug-likeness (QED) is 0.294. The lowest BCUT2D eigenvalue weighted by Gasteiger charge is -2.21. The number of aromatic nitrogens is 2. The number of likely N-dealkylation sites (tertiary alicyclic amines) is 1. The number of nitrogens with zero attached hydrogens (tertiary/aromatic N) is 4. The lowest BCUT2D eigenvalue weighted by Crippen LogP contribution is -2.40. The Morgan fingerprint density at radius 3 is 2.85 bits per heavy atom. The van der Waals surface area contributed by atoms with Gasteiger partial charge in [-0.05, 0) is 38.7 Å². The van der Waals surface area contributed by atoms with Crippen LogP contribution in [0.2, 0.25) is 0 Å². The normalized spacial score (nSPS) is 17.4. The van der Waals surface area contributed by atoms with Gasteiger partial charge in [-0.3, -0.25) is 14.5 Å². The monoisotopic (exact) mass is 377 g/mol. The second-order valence-electron chi connectivity index (χ2n) is 7.08. The number of aryl methyl sites for hydroxylation is 1. The van der Waals surface area contributed by atoms with Gasteiger partial charge in [-0.1, -0.05) is 12.8 Å². The van der Waals surface area contributed by atoms with Crippen molar-refractivity contribution in [3.63, 3.8) is 0 Å². The molecule has 7 heteroatoms. The van der Waals surface area contributed by atoms with Gasteiger partial charge in [0, 0.05) is 51.8 Å². The molecule has 1 aromatic heterocycles. The highest BCUT2D eigenvalue weighted by Gasteiger charge is 2.26. The average molecular weight is 378 g/mol. The summed E-state index contributed by atoms with van der Waals surface area (Å²) >= 11 is 0. The van der Waals surface area contributed by atoms with E-state index < -0.39 is 0 Å². The van der Waals surface area contributed by atoms with Crippen LogP contribution in [0.3, 0.4) is 0 Å². The van der Waals surface area contributed by atoms with Crippen LogP contribution in [0.1, 0.15) is 63.9 Å². The summed E-state index contributed by atoms with van der Waals surface area (Å²) in [7, 11) is 1.97. The molecule has 7 nitrogen and oxygen atoms in total. The molecule has 27 heavy (non-hydrogen) atoms. The van der Waals surface area contributed by atoms with Crippen LogP contribution < -0.4 is 5.32 Å². The van der Waals surface area contributed by atoms with Gasteiger partial charge in [0.2, 0.25) is 0 Å². The van der Waals surface area contributed by atoms with E-state index in [2.05, 4.69) is 28.4 Å². The smallest absolute Gasteiger partial charge is 0.305 e. The van der Waals surface area contributed by atoms with E-state index in [1.165, 1.54) is 5.56 Å². The summed E-state index contributed by atoms with van der Waals surface area (Å²) in [6.45, 7) is 8.17. The molecule has 2 heterocycles. The number of ether oxygens (including phenoxy) is 1. The van der Waals surface area contributed by atoms with Crippen molar-refractivity contribution in [1.82, 2.24) is 20.0 Å². The zero-order chi connectivity index (χ0) is 19.5. The lowest BCUT2D eigenvalue weighted by molar-refractivity contribution is -0.143. The Balaban J connectivity index is 1.70. The molecule has 1 aromatic rings. The van der Waals surface area contributed by atoms with Crippen molar-refractivity contribution >= 4 is 11.9 Å². The Bertz CT molecular complexity index is 599. The van der Waals surface area contributed by atoms with Crippen LogP contribution in [0.5, 0.6) is 0 Å². The van der Waals surface area contributed by atoms with Gasteiger partial charge in [0.1, 0.15) is 0 Å². The summed E-state index contributed by atoms with van der Waals surface area (Å²) in [5.41, 5.74) is 1.32. The van der Waals surface area contributed by atoms with Crippen LogP contribution in [-0.4, -0.2) is 59.4 Å². The number of rotatable bonds is 10. The molecule has 1 unspecified atom stereocenters. The molecule has 0 amide bonds. The zero-order valence-corrected chi connectivity index (χ0v) is 17.1. The van der Waals surface area contributed by atoms with E-state index >= 15 is 0 Å². The van der Waals surface area contributed by atoms with E-state index in [-0.39, 0.29) is 5.97 Å². The molecule has 1 atom stereocenters. The molecule has 0 spiro atoms. The Morgan fingerprint density at radius 1 is 1.33 bits per heavy atom. The molecule has 1 fully saturated rings. The van der Waals surface area contributed by atoms with Crippen LogP contribution in [0.25, 0.3) is 0 Å². The third-order valence-electron chi connectivity index (χ3n) is 4.87. The van der Waals surface area contributed by atoms with E-state index in [0.717, 1.165) is 64.2 Å². The fourth-order valence-corrected chi connectivity index (χ4v) is 3.45. The first-order valence-electron chi connectivity index (χ1n) is 10.3. The van der Waals surface area contributed by atoms with Crippen molar-refractivity contribution in [1.29, 1.82) is 0 Å². The maximum absolute atomic E-state index is 11.3. The minimum atomic E-state index is -0.0813.